The number of nitrogens with two attached hydrogens (primary N) is 1. The Morgan fingerprint density at radius 2 is 1.95 bits per heavy atom. The molecule has 19 heavy (non-hydrogen) atoms. The summed E-state index contributed by atoms with van der Waals surface area (Å²) in [4.78, 5) is 8.04. The number of nitrogen functional groups attached to an aromatic ring is 1. The molecule has 1 heterocycles. The summed E-state index contributed by atoms with van der Waals surface area (Å²) >= 11 is 0. The Labute approximate surface area is 112 Å². The lowest BCUT2D eigenvalue weighted by Gasteiger charge is -2.00. The molecule has 0 saturated carbocycles. The summed E-state index contributed by atoms with van der Waals surface area (Å²) in [5.41, 5.74) is 11.2. The van der Waals surface area contributed by atoms with Crippen LogP contribution in [0.2, 0.25) is 0 Å². The lowest BCUT2D eigenvalue weighted by atomic mass is 10.1. The molecule has 3 heteroatoms. The normalized spacial score (nSPS) is 11.0. The lowest BCUT2D eigenvalue weighted by Crippen LogP contribution is -1.94. The number of rotatable bonds is 3. The molecule has 3 rings (SSSR count). The van der Waals surface area contributed by atoms with Crippen molar-refractivity contribution in [1.82, 2.24) is 9.97 Å². The number of para-hydroxylation sites is 1. The number of nitrogens with one attached hydrogen (secondary N) is 1. The van der Waals surface area contributed by atoms with E-state index in [-0.39, 0.29) is 0 Å². The molecule has 96 valence electrons. The summed E-state index contributed by atoms with van der Waals surface area (Å²) in [6.07, 6.45) is 1.85. The summed E-state index contributed by atoms with van der Waals surface area (Å²) in [6.45, 7) is 2.09. The van der Waals surface area contributed by atoms with Gasteiger partial charge < -0.3 is 10.7 Å². The Balaban J connectivity index is 1.80. The van der Waals surface area contributed by atoms with Crippen molar-refractivity contribution in [2.45, 2.75) is 19.8 Å². The minimum absolute atomic E-state index is 0.818. The first-order chi connectivity index (χ1) is 9.22. The van der Waals surface area contributed by atoms with E-state index in [0.29, 0.717) is 0 Å². The minimum Gasteiger partial charge on any atom is -0.399 e. The third-order valence-corrected chi connectivity index (χ3v) is 3.36. The molecule has 0 bridgehead atoms. The highest BCUT2D eigenvalue weighted by atomic mass is 14.9. The lowest BCUT2D eigenvalue weighted by molar-refractivity contribution is 0.890. The Morgan fingerprint density at radius 1 is 1.11 bits per heavy atom. The van der Waals surface area contributed by atoms with Crippen LogP contribution in [0.5, 0.6) is 0 Å². The van der Waals surface area contributed by atoms with E-state index in [9.17, 15) is 0 Å². The number of hydrogen-bond acceptors (Lipinski definition) is 2. The SMILES string of the molecule is Cc1cccc2[nH]c(CCc3cccc(N)c3)nc12. The number of aromatic amines is 1. The molecule has 0 atom stereocenters. The Bertz CT molecular complexity index is 713. The van der Waals surface area contributed by atoms with Crippen molar-refractivity contribution < 1.29 is 0 Å². The van der Waals surface area contributed by atoms with Crippen molar-refractivity contribution in [2.24, 2.45) is 0 Å². The van der Waals surface area contributed by atoms with Crippen LogP contribution in [0.1, 0.15) is 17.0 Å². The topological polar surface area (TPSA) is 54.7 Å². The fourth-order valence-electron chi connectivity index (χ4n) is 2.36. The highest BCUT2D eigenvalue weighted by Crippen LogP contribution is 2.16. The zero-order valence-corrected chi connectivity index (χ0v) is 11.0. The van der Waals surface area contributed by atoms with Crippen LogP contribution in [0.4, 0.5) is 5.69 Å². The van der Waals surface area contributed by atoms with Crippen molar-refractivity contribution in [2.75, 3.05) is 5.73 Å². The molecule has 0 radical (unpaired) electrons. The Hall–Kier alpha value is -2.29. The third kappa shape index (κ3) is 2.45. The first kappa shape index (κ1) is 11.8. The van der Waals surface area contributed by atoms with Crippen LogP contribution in [0.3, 0.4) is 0 Å². The molecule has 0 aliphatic heterocycles. The van der Waals surface area contributed by atoms with Crippen LogP contribution in [-0.2, 0) is 12.8 Å². The number of anilines is 1. The zero-order valence-electron chi connectivity index (χ0n) is 11.0. The smallest absolute Gasteiger partial charge is 0.107 e. The zero-order chi connectivity index (χ0) is 13.2. The average molecular weight is 251 g/mol. The fourth-order valence-corrected chi connectivity index (χ4v) is 2.36. The molecule has 0 aliphatic carbocycles. The minimum atomic E-state index is 0.818. The maximum atomic E-state index is 5.79. The first-order valence-corrected chi connectivity index (χ1v) is 6.51. The average Bonchev–Trinajstić information content (AvgIpc) is 2.81. The predicted octanol–water partition coefficient (Wildman–Crippen LogP) is 3.24. The van der Waals surface area contributed by atoms with E-state index in [2.05, 4.69) is 41.2 Å². The molecule has 0 unspecified atom stereocenters. The molecular weight excluding hydrogens is 234 g/mol. The van der Waals surface area contributed by atoms with Gasteiger partial charge in [-0.2, -0.15) is 0 Å². The van der Waals surface area contributed by atoms with Crippen molar-refractivity contribution >= 4 is 16.7 Å². The van der Waals surface area contributed by atoms with Gasteiger partial charge in [-0.25, -0.2) is 4.98 Å². The van der Waals surface area contributed by atoms with Crippen molar-refractivity contribution in [3.05, 3.63) is 59.4 Å². The molecule has 1 aromatic heterocycles. The number of imidazole rings is 1. The van der Waals surface area contributed by atoms with Gasteiger partial charge in [0.25, 0.3) is 0 Å². The van der Waals surface area contributed by atoms with Gasteiger partial charge in [0.1, 0.15) is 5.82 Å². The van der Waals surface area contributed by atoms with Gasteiger partial charge in [-0.3, -0.25) is 0 Å². The van der Waals surface area contributed by atoms with Crippen LogP contribution < -0.4 is 5.73 Å². The first-order valence-electron chi connectivity index (χ1n) is 6.51. The summed E-state index contributed by atoms with van der Waals surface area (Å²) < 4.78 is 0. The Kier molecular flexibility index (Phi) is 2.95. The number of nitrogens with zero attached hydrogens (tertiary/aromatic N) is 1. The van der Waals surface area contributed by atoms with Crippen molar-refractivity contribution in [3.63, 3.8) is 0 Å². The van der Waals surface area contributed by atoms with Crippen molar-refractivity contribution in [3.8, 4) is 0 Å². The number of hydrogen-bond donors (Lipinski definition) is 2. The molecular formula is C16H17N3. The van der Waals surface area contributed by atoms with E-state index >= 15 is 0 Å². The van der Waals surface area contributed by atoms with E-state index < -0.39 is 0 Å². The quantitative estimate of drug-likeness (QED) is 0.702. The second-order valence-corrected chi connectivity index (χ2v) is 4.90. The molecule has 0 aliphatic rings. The van der Waals surface area contributed by atoms with E-state index in [1.165, 1.54) is 11.1 Å². The van der Waals surface area contributed by atoms with Crippen LogP contribution in [-0.4, -0.2) is 9.97 Å². The Morgan fingerprint density at radius 3 is 2.74 bits per heavy atom. The van der Waals surface area contributed by atoms with Gasteiger partial charge in [-0.05, 0) is 42.7 Å². The van der Waals surface area contributed by atoms with E-state index in [4.69, 9.17) is 5.73 Å². The van der Waals surface area contributed by atoms with Gasteiger partial charge in [0.2, 0.25) is 0 Å². The molecule has 0 spiro atoms. The van der Waals surface area contributed by atoms with Crippen LogP contribution >= 0.6 is 0 Å². The summed E-state index contributed by atoms with van der Waals surface area (Å²) in [5, 5.41) is 0. The standard InChI is InChI=1S/C16H17N3/c1-11-4-2-7-14-16(11)19-15(18-14)9-8-12-5-3-6-13(17)10-12/h2-7,10H,8-9,17H2,1H3,(H,18,19). The number of benzene rings is 2. The molecule has 0 saturated heterocycles. The second kappa shape index (κ2) is 4.76. The number of fused-ring (bicyclic) bond motifs is 1. The number of aromatic nitrogens is 2. The summed E-state index contributed by atoms with van der Waals surface area (Å²) in [6, 6.07) is 14.2. The molecule has 0 fully saturated rings. The summed E-state index contributed by atoms with van der Waals surface area (Å²) in [7, 11) is 0. The summed E-state index contributed by atoms with van der Waals surface area (Å²) in [5.74, 6) is 1.03. The van der Waals surface area contributed by atoms with Gasteiger partial charge in [0, 0.05) is 12.1 Å². The van der Waals surface area contributed by atoms with Gasteiger partial charge in [-0.15, -0.1) is 0 Å². The van der Waals surface area contributed by atoms with E-state index in [1.54, 1.807) is 0 Å². The van der Waals surface area contributed by atoms with Crippen LogP contribution in [0.25, 0.3) is 11.0 Å². The van der Waals surface area contributed by atoms with Crippen molar-refractivity contribution in [1.29, 1.82) is 0 Å². The number of H-pyrrole nitrogens is 1. The van der Waals surface area contributed by atoms with E-state index in [0.717, 1.165) is 35.4 Å². The number of aryl methyl sites for hydroxylation is 3. The predicted molar refractivity (Wildman–Crippen MR) is 79.1 cm³/mol. The maximum absolute atomic E-state index is 5.79. The van der Waals surface area contributed by atoms with Gasteiger partial charge in [0.15, 0.2) is 0 Å². The monoisotopic (exact) mass is 251 g/mol. The van der Waals surface area contributed by atoms with Gasteiger partial charge in [0.05, 0.1) is 11.0 Å². The van der Waals surface area contributed by atoms with Gasteiger partial charge >= 0.3 is 0 Å². The molecule has 3 aromatic rings. The van der Waals surface area contributed by atoms with Crippen LogP contribution in [0.15, 0.2) is 42.5 Å². The highest BCUT2D eigenvalue weighted by Gasteiger charge is 2.05. The molecule has 3 nitrogen and oxygen atoms in total. The van der Waals surface area contributed by atoms with Crippen LogP contribution in [0, 0.1) is 6.92 Å². The molecule has 0 amide bonds. The van der Waals surface area contributed by atoms with E-state index in [1.807, 2.05) is 18.2 Å². The highest BCUT2D eigenvalue weighted by molar-refractivity contribution is 5.78. The largest absolute Gasteiger partial charge is 0.399 e. The third-order valence-electron chi connectivity index (χ3n) is 3.36. The second-order valence-electron chi connectivity index (χ2n) is 4.90. The molecule has 2 aromatic carbocycles. The fraction of sp³-hybridized carbons (Fsp3) is 0.188. The van der Waals surface area contributed by atoms with Gasteiger partial charge in [-0.1, -0.05) is 24.3 Å². The maximum Gasteiger partial charge on any atom is 0.107 e. The molecule has 3 N–H and O–H groups in total.